The van der Waals surface area contributed by atoms with Crippen LogP contribution in [0.3, 0.4) is 0 Å². The number of carbonyl (C=O) groups is 1. The highest BCUT2D eigenvalue weighted by Crippen LogP contribution is 2.34. The third-order valence-electron chi connectivity index (χ3n) is 3.04. The number of hydrogen-bond acceptors (Lipinski definition) is 3. The van der Waals surface area contributed by atoms with E-state index in [1.165, 1.54) is 12.7 Å². The number of nitrogens with zero attached hydrogens (tertiary/aromatic N) is 3. The molecule has 3 rings (SSSR count). The molecule has 2 aliphatic rings. The summed E-state index contributed by atoms with van der Waals surface area (Å²) in [6, 6.07) is 0.402. The summed E-state index contributed by atoms with van der Waals surface area (Å²) in [6.07, 6.45) is 7.22. The molecule has 0 N–H and O–H groups in total. The lowest BCUT2D eigenvalue weighted by molar-refractivity contribution is -0.118. The average Bonchev–Trinajstić information content (AvgIpc) is 2.41. The van der Waals surface area contributed by atoms with E-state index >= 15 is 0 Å². The molecule has 1 aliphatic heterocycles. The number of anilines is 1. The maximum absolute atomic E-state index is 11.7. The normalized spacial score (nSPS) is 20.9. The van der Waals surface area contributed by atoms with E-state index in [9.17, 15) is 4.79 Å². The molecule has 2 heterocycles. The number of carbonyl (C=O) groups excluding carboxylic acids is 1. The first-order valence-electron chi connectivity index (χ1n) is 4.97. The van der Waals surface area contributed by atoms with Gasteiger partial charge in [-0.1, -0.05) is 0 Å². The molecule has 1 aliphatic carbocycles. The molecule has 14 heavy (non-hydrogen) atoms. The quantitative estimate of drug-likeness (QED) is 0.660. The zero-order chi connectivity index (χ0) is 9.54. The number of hydrogen-bond donors (Lipinski definition) is 0. The van der Waals surface area contributed by atoms with Gasteiger partial charge in [0.1, 0.15) is 12.1 Å². The molecule has 4 nitrogen and oxygen atoms in total. The Balaban J connectivity index is 2.01. The van der Waals surface area contributed by atoms with Gasteiger partial charge in [-0.2, -0.15) is 0 Å². The summed E-state index contributed by atoms with van der Waals surface area (Å²) in [5, 5.41) is 0. The summed E-state index contributed by atoms with van der Waals surface area (Å²) in [4.78, 5) is 21.7. The zero-order valence-electron chi connectivity index (χ0n) is 7.81. The van der Waals surface area contributed by atoms with E-state index in [1.807, 2.05) is 4.90 Å². The minimum Gasteiger partial charge on any atom is -0.293 e. The lowest BCUT2D eigenvalue weighted by Gasteiger charge is -2.34. The molecule has 1 aromatic heterocycles. The minimum absolute atomic E-state index is 0.185. The van der Waals surface area contributed by atoms with Crippen molar-refractivity contribution in [1.29, 1.82) is 0 Å². The van der Waals surface area contributed by atoms with E-state index in [2.05, 4.69) is 9.97 Å². The van der Waals surface area contributed by atoms with Crippen LogP contribution >= 0.6 is 0 Å². The molecule has 0 atom stereocenters. The Morgan fingerprint density at radius 2 is 2.29 bits per heavy atom. The first-order chi connectivity index (χ1) is 6.86. The third kappa shape index (κ3) is 0.967. The average molecular weight is 189 g/mol. The zero-order valence-corrected chi connectivity index (χ0v) is 7.81. The van der Waals surface area contributed by atoms with Crippen LogP contribution in [0.15, 0.2) is 12.5 Å². The van der Waals surface area contributed by atoms with Gasteiger partial charge in [0, 0.05) is 17.8 Å². The summed E-state index contributed by atoms with van der Waals surface area (Å²) >= 11 is 0. The molecular formula is C10H11N3O. The second-order valence-corrected chi connectivity index (χ2v) is 3.90. The van der Waals surface area contributed by atoms with Crippen LogP contribution in [0.5, 0.6) is 0 Å². The second-order valence-electron chi connectivity index (χ2n) is 3.90. The molecule has 0 radical (unpaired) electrons. The van der Waals surface area contributed by atoms with Crippen LogP contribution in [0.2, 0.25) is 0 Å². The molecule has 1 fully saturated rings. The first-order valence-corrected chi connectivity index (χ1v) is 4.97. The molecule has 1 saturated carbocycles. The predicted molar refractivity (Wildman–Crippen MR) is 50.9 cm³/mol. The smallest absolute Gasteiger partial charge is 0.233 e. The minimum atomic E-state index is 0.185. The van der Waals surface area contributed by atoms with Crippen LogP contribution in [0, 0.1) is 0 Å². The van der Waals surface area contributed by atoms with Crippen molar-refractivity contribution >= 4 is 11.7 Å². The second kappa shape index (κ2) is 2.77. The van der Waals surface area contributed by atoms with Crippen LogP contribution in [0.1, 0.15) is 24.8 Å². The van der Waals surface area contributed by atoms with Crippen LogP contribution in [0.4, 0.5) is 5.82 Å². The van der Waals surface area contributed by atoms with E-state index in [0.29, 0.717) is 12.5 Å². The molecule has 72 valence electrons. The van der Waals surface area contributed by atoms with Crippen molar-refractivity contribution in [2.75, 3.05) is 4.90 Å². The van der Waals surface area contributed by atoms with Gasteiger partial charge in [-0.3, -0.25) is 9.69 Å². The summed E-state index contributed by atoms with van der Waals surface area (Å²) in [5.74, 6) is 1.03. The van der Waals surface area contributed by atoms with Gasteiger partial charge in [-0.25, -0.2) is 9.97 Å². The van der Waals surface area contributed by atoms with E-state index in [1.54, 1.807) is 6.20 Å². The Labute approximate surface area is 82.0 Å². The summed E-state index contributed by atoms with van der Waals surface area (Å²) < 4.78 is 0. The molecule has 0 unspecified atom stereocenters. The highest BCUT2D eigenvalue weighted by Gasteiger charge is 2.36. The molecule has 0 spiro atoms. The van der Waals surface area contributed by atoms with Crippen molar-refractivity contribution in [3.05, 3.63) is 18.1 Å². The molecule has 0 saturated heterocycles. The van der Waals surface area contributed by atoms with Crippen molar-refractivity contribution in [1.82, 2.24) is 9.97 Å². The Kier molecular flexibility index (Phi) is 1.56. The molecule has 1 aromatic rings. The van der Waals surface area contributed by atoms with Gasteiger partial charge in [-0.15, -0.1) is 0 Å². The predicted octanol–water partition coefficient (Wildman–Crippen LogP) is 0.918. The number of aromatic nitrogens is 2. The van der Waals surface area contributed by atoms with Crippen molar-refractivity contribution < 1.29 is 4.79 Å². The van der Waals surface area contributed by atoms with E-state index in [-0.39, 0.29) is 5.91 Å². The topological polar surface area (TPSA) is 46.1 Å². The third-order valence-corrected chi connectivity index (χ3v) is 3.04. The number of rotatable bonds is 1. The number of amides is 1. The van der Waals surface area contributed by atoms with Gasteiger partial charge in [0.05, 0.1) is 6.42 Å². The molecule has 4 heteroatoms. The lowest BCUT2D eigenvalue weighted by Crippen LogP contribution is -2.42. The van der Waals surface area contributed by atoms with Gasteiger partial charge in [-0.05, 0) is 19.3 Å². The highest BCUT2D eigenvalue weighted by molar-refractivity contribution is 6.00. The van der Waals surface area contributed by atoms with Gasteiger partial charge in [0.25, 0.3) is 0 Å². The molecular weight excluding hydrogens is 178 g/mol. The van der Waals surface area contributed by atoms with E-state index < -0.39 is 0 Å². The van der Waals surface area contributed by atoms with Gasteiger partial charge in [0.2, 0.25) is 5.91 Å². The summed E-state index contributed by atoms with van der Waals surface area (Å²) in [5.41, 5.74) is 0.976. The molecule has 0 bridgehead atoms. The van der Waals surface area contributed by atoms with Crippen molar-refractivity contribution in [3.63, 3.8) is 0 Å². The highest BCUT2D eigenvalue weighted by atomic mass is 16.2. The van der Waals surface area contributed by atoms with Crippen molar-refractivity contribution in [2.24, 2.45) is 0 Å². The molecule has 1 amide bonds. The lowest BCUT2D eigenvalue weighted by atomic mass is 9.92. The van der Waals surface area contributed by atoms with E-state index in [0.717, 1.165) is 24.2 Å². The Morgan fingerprint density at radius 1 is 1.43 bits per heavy atom. The standard InChI is InChI=1S/C10H11N3O/c14-9-4-7-5-11-6-12-10(7)13(9)8-2-1-3-8/h5-6,8H,1-4H2. The maximum atomic E-state index is 11.7. The van der Waals surface area contributed by atoms with Crippen molar-refractivity contribution in [2.45, 2.75) is 31.7 Å². The largest absolute Gasteiger partial charge is 0.293 e. The summed E-state index contributed by atoms with van der Waals surface area (Å²) in [6.45, 7) is 0. The first kappa shape index (κ1) is 7.91. The van der Waals surface area contributed by atoms with Gasteiger partial charge >= 0.3 is 0 Å². The Bertz CT molecular complexity index is 387. The Hall–Kier alpha value is -1.45. The van der Waals surface area contributed by atoms with Crippen LogP contribution in [-0.4, -0.2) is 21.9 Å². The van der Waals surface area contributed by atoms with E-state index in [4.69, 9.17) is 0 Å². The van der Waals surface area contributed by atoms with Crippen molar-refractivity contribution in [3.8, 4) is 0 Å². The van der Waals surface area contributed by atoms with Gasteiger partial charge in [0.15, 0.2) is 0 Å². The van der Waals surface area contributed by atoms with Gasteiger partial charge < -0.3 is 0 Å². The maximum Gasteiger partial charge on any atom is 0.233 e. The van der Waals surface area contributed by atoms with Crippen LogP contribution < -0.4 is 4.90 Å². The number of fused-ring (bicyclic) bond motifs is 1. The fourth-order valence-electron chi connectivity index (χ4n) is 2.08. The Morgan fingerprint density at radius 3 is 3.00 bits per heavy atom. The van der Waals surface area contributed by atoms with Crippen LogP contribution in [-0.2, 0) is 11.2 Å². The SMILES string of the molecule is O=C1Cc2cncnc2N1C1CCC1. The monoisotopic (exact) mass is 189 g/mol. The fraction of sp³-hybridized carbons (Fsp3) is 0.500. The van der Waals surface area contributed by atoms with Crippen LogP contribution in [0.25, 0.3) is 0 Å². The summed E-state index contributed by atoms with van der Waals surface area (Å²) in [7, 11) is 0. The fourth-order valence-corrected chi connectivity index (χ4v) is 2.08. The molecule has 0 aromatic carbocycles.